The molecule has 0 bridgehead atoms. The third-order valence-corrected chi connectivity index (χ3v) is 2.03. The Labute approximate surface area is 89.1 Å². The van der Waals surface area contributed by atoms with E-state index in [1.165, 1.54) is 6.92 Å². The molecular weight excluding hydrogens is 192 g/mol. The molecule has 1 aromatic rings. The predicted octanol–water partition coefficient (Wildman–Crippen LogP) is 2.27. The summed E-state index contributed by atoms with van der Waals surface area (Å²) in [5, 5.41) is 0. The Kier molecular flexibility index (Phi) is 4.03. The maximum absolute atomic E-state index is 11.6. The Morgan fingerprint density at radius 2 is 1.87 bits per heavy atom. The van der Waals surface area contributed by atoms with Gasteiger partial charge in [-0.15, -0.1) is 0 Å². The van der Waals surface area contributed by atoms with E-state index in [1.54, 1.807) is 19.1 Å². The van der Waals surface area contributed by atoms with Gasteiger partial charge in [0.1, 0.15) is 0 Å². The highest BCUT2D eigenvalue weighted by atomic mass is 16.5. The van der Waals surface area contributed by atoms with Gasteiger partial charge in [0.05, 0.1) is 0 Å². The lowest BCUT2D eigenvalue weighted by Gasteiger charge is -2.15. The summed E-state index contributed by atoms with van der Waals surface area (Å²) in [6.45, 7) is 3.06. The van der Waals surface area contributed by atoms with Crippen LogP contribution in [0.2, 0.25) is 0 Å². The Hall–Kier alpha value is -1.64. The van der Waals surface area contributed by atoms with Gasteiger partial charge in [0.15, 0.2) is 11.9 Å². The zero-order valence-corrected chi connectivity index (χ0v) is 8.90. The fourth-order valence-corrected chi connectivity index (χ4v) is 1.30. The number of ether oxygens (including phenoxy) is 1. The van der Waals surface area contributed by atoms with Gasteiger partial charge in [-0.2, -0.15) is 0 Å². The second kappa shape index (κ2) is 5.29. The van der Waals surface area contributed by atoms with Crippen LogP contribution in [0.3, 0.4) is 0 Å². The molecule has 1 rings (SSSR count). The number of carbonyl (C=O) groups excluding carboxylic acids is 2. The maximum Gasteiger partial charge on any atom is 0.303 e. The second-order valence-corrected chi connectivity index (χ2v) is 3.22. The highest BCUT2D eigenvalue weighted by Crippen LogP contribution is 2.19. The van der Waals surface area contributed by atoms with Crippen molar-refractivity contribution in [1.82, 2.24) is 0 Å². The Morgan fingerprint density at radius 1 is 1.27 bits per heavy atom. The Morgan fingerprint density at radius 3 is 2.33 bits per heavy atom. The molecule has 15 heavy (non-hydrogen) atoms. The molecule has 0 fully saturated rings. The molecule has 80 valence electrons. The van der Waals surface area contributed by atoms with E-state index in [9.17, 15) is 9.59 Å². The van der Waals surface area contributed by atoms with Crippen molar-refractivity contribution in [2.24, 2.45) is 0 Å². The van der Waals surface area contributed by atoms with Crippen LogP contribution in [0.1, 0.15) is 31.9 Å². The number of ketones is 1. The maximum atomic E-state index is 11.6. The van der Waals surface area contributed by atoms with Crippen LogP contribution in [0.4, 0.5) is 0 Å². The summed E-state index contributed by atoms with van der Waals surface area (Å²) in [4.78, 5) is 22.4. The van der Waals surface area contributed by atoms with E-state index in [2.05, 4.69) is 0 Å². The first-order valence-electron chi connectivity index (χ1n) is 4.90. The average molecular weight is 206 g/mol. The van der Waals surface area contributed by atoms with Gasteiger partial charge < -0.3 is 4.74 Å². The first-order valence-corrected chi connectivity index (χ1v) is 4.90. The number of rotatable bonds is 4. The van der Waals surface area contributed by atoms with Gasteiger partial charge >= 0.3 is 5.97 Å². The molecule has 0 aliphatic carbocycles. The molecule has 3 heteroatoms. The monoisotopic (exact) mass is 206 g/mol. The minimum absolute atomic E-state index is 0.0867. The SMILES string of the molecule is CCC(=O)C(OC(C)=O)c1ccccc1. The lowest BCUT2D eigenvalue weighted by molar-refractivity contribution is -0.153. The molecule has 0 N–H and O–H groups in total. The molecule has 0 saturated carbocycles. The van der Waals surface area contributed by atoms with E-state index in [-0.39, 0.29) is 5.78 Å². The van der Waals surface area contributed by atoms with Crippen molar-refractivity contribution >= 4 is 11.8 Å². The van der Waals surface area contributed by atoms with Crippen molar-refractivity contribution in [2.75, 3.05) is 0 Å². The fraction of sp³-hybridized carbons (Fsp3) is 0.333. The Balaban J connectivity index is 2.91. The number of hydrogen-bond acceptors (Lipinski definition) is 3. The molecule has 0 aromatic heterocycles. The first kappa shape index (κ1) is 11.4. The predicted molar refractivity (Wildman–Crippen MR) is 56.2 cm³/mol. The normalized spacial score (nSPS) is 11.9. The number of carbonyl (C=O) groups is 2. The van der Waals surface area contributed by atoms with Crippen molar-refractivity contribution in [1.29, 1.82) is 0 Å². The van der Waals surface area contributed by atoms with Crippen LogP contribution in [-0.4, -0.2) is 11.8 Å². The summed E-state index contributed by atoms with van der Waals surface area (Å²) in [7, 11) is 0. The van der Waals surface area contributed by atoms with Crippen molar-refractivity contribution < 1.29 is 14.3 Å². The van der Waals surface area contributed by atoms with Gasteiger partial charge in [-0.25, -0.2) is 0 Å². The molecule has 0 heterocycles. The number of benzene rings is 1. The second-order valence-electron chi connectivity index (χ2n) is 3.22. The van der Waals surface area contributed by atoms with E-state index >= 15 is 0 Å². The molecule has 0 radical (unpaired) electrons. The molecule has 0 aliphatic rings. The summed E-state index contributed by atoms with van der Waals surface area (Å²) in [5.41, 5.74) is 0.722. The zero-order chi connectivity index (χ0) is 11.3. The molecule has 0 aliphatic heterocycles. The first-order chi connectivity index (χ1) is 7.15. The molecule has 3 nitrogen and oxygen atoms in total. The number of hydrogen-bond donors (Lipinski definition) is 0. The van der Waals surface area contributed by atoms with E-state index in [4.69, 9.17) is 4.74 Å². The third kappa shape index (κ3) is 3.20. The summed E-state index contributed by atoms with van der Waals surface area (Å²) in [6.07, 6.45) is -0.402. The van der Waals surface area contributed by atoms with Gasteiger partial charge in [0.2, 0.25) is 0 Å². The van der Waals surface area contributed by atoms with Crippen molar-refractivity contribution in [2.45, 2.75) is 26.4 Å². The van der Waals surface area contributed by atoms with Gasteiger partial charge in [-0.3, -0.25) is 9.59 Å². The zero-order valence-electron chi connectivity index (χ0n) is 8.90. The molecule has 0 amide bonds. The molecular formula is C12H14O3. The minimum atomic E-state index is -0.756. The van der Waals surface area contributed by atoms with Crippen LogP contribution in [0.15, 0.2) is 30.3 Å². The van der Waals surface area contributed by atoms with Crippen molar-refractivity contribution in [3.05, 3.63) is 35.9 Å². The average Bonchev–Trinajstić information content (AvgIpc) is 2.26. The molecule has 0 spiro atoms. The van der Waals surface area contributed by atoms with E-state index < -0.39 is 12.1 Å². The standard InChI is InChI=1S/C12H14O3/c1-3-11(14)12(15-9(2)13)10-7-5-4-6-8-10/h4-8,12H,3H2,1-2H3. The minimum Gasteiger partial charge on any atom is -0.450 e. The van der Waals surface area contributed by atoms with Gasteiger partial charge in [-0.05, 0) is 5.56 Å². The highest BCUT2D eigenvalue weighted by Gasteiger charge is 2.21. The smallest absolute Gasteiger partial charge is 0.303 e. The Bertz CT molecular complexity index is 343. The van der Waals surface area contributed by atoms with Crippen LogP contribution in [-0.2, 0) is 14.3 Å². The van der Waals surface area contributed by atoms with E-state index in [0.717, 1.165) is 5.56 Å². The van der Waals surface area contributed by atoms with Crippen LogP contribution in [0.5, 0.6) is 0 Å². The number of esters is 1. The van der Waals surface area contributed by atoms with Crippen molar-refractivity contribution in [3.63, 3.8) is 0 Å². The van der Waals surface area contributed by atoms with Gasteiger partial charge in [0.25, 0.3) is 0 Å². The van der Waals surface area contributed by atoms with Crippen molar-refractivity contribution in [3.8, 4) is 0 Å². The summed E-state index contributed by atoms with van der Waals surface area (Å²) in [6, 6.07) is 9.04. The molecule has 1 atom stereocenters. The summed E-state index contributed by atoms with van der Waals surface area (Å²) in [5.74, 6) is -0.526. The summed E-state index contributed by atoms with van der Waals surface area (Å²) >= 11 is 0. The lowest BCUT2D eigenvalue weighted by atomic mass is 10.0. The van der Waals surface area contributed by atoms with Gasteiger partial charge in [0, 0.05) is 13.3 Å². The topological polar surface area (TPSA) is 43.4 Å². The molecule has 1 unspecified atom stereocenters. The van der Waals surface area contributed by atoms with Crippen LogP contribution in [0, 0.1) is 0 Å². The van der Waals surface area contributed by atoms with Crippen LogP contribution in [0.25, 0.3) is 0 Å². The van der Waals surface area contributed by atoms with E-state index in [0.29, 0.717) is 6.42 Å². The van der Waals surface area contributed by atoms with Gasteiger partial charge in [-0.1, -0.05) is 37.3 Å². The third-order valence-electron chi connectivity index (χ3n) is 2.03. The van der Waals surface area contributed by atoms with Crippen LogP contribution >= 0.6 is 0 Å². The van der Waals surface area contributed by atoms with E-state index in [1.807, 2.05) is 18.2 Å². The largest absolute Gasteiger partial charge is 0.450 e. The number of Topliss-reactive ketones (excluding diaryl/α,β-unsaturated/α-hetero) is 1. The molecule has 1 aromatic carbocycles. The lowest BCUT2D eigenvalue weighted by Crippen LogP contribution is -2.17. The highest BCUT2D eigenvalue weighted by molar-refractivity contribution is 5.86. The quantitative estimate of drug-likeness (QED) is 0.710. The van der Waals surface area contributed by atoms with Crippen LogP contribution < -0.4 is 0 Å². The molecule has 0 saturated heterocycles. The fourth-order valence-electron chi connectivity index (χ4n) is 1.30. The summed E-state index contributed by atoms with van der Waals surface area (Å²) < 4.78 is 5.00.